The standard InChI is InChI=1S/C28H30N4O2/c1-28(2,3)34-27(33)32-15-12-21(13-16-32)26-23(19-29)18-25(31-26)22-11-14-30-24(17-22)10-9-20-7-5-4-6-8-20/h4-11,14,17-18,21,31H,12-13,15-16H2,1-3H3. The zero-order chi connectivity index (χ0) is 24.1. The highest BCUT2D eigenvalue weighted by Gasteiger charge is 2.29. The van der Waals surface area contributed by atoms with Gasteiger partial charge in [0.2, 0.25) is 0 Å². The van der Waals surface area contributed by atoms with Crippen molar-refractivity contribution in [2.75, 3.05) is 13.1 Å². The Labute approximate surface area is 200 Å². The minimum absolute atomic E-state index is 0.196. The number of nitrogens with zero attached hydrogens (tertiary/aromatic N) is 3. The Morgan fingerprint density at radius 2 is 1.88 bits per heavy atom. The van der Waals surface area contributed by atoms with Gasteiger partial charge in [-0.1, -0.05) is 36.4 Å². The van der Waals surface area contributed by atoms with Gasteiger partial charge in [-0.15, -0.1) is 0 Å². The Bertz CT molecular complexity index is 1210. The smallest absolute Gasteiger partial charge is 0.410 e. The van der Waals surface area contributed by atoms with Gasteiger partial charge >= 0.3 is 6.09 Å². The predicted octanol–water partition coefficient (Wildman–Crippen LogP) is 6.23. The van der Waals surface area contributed by atoms with Crippen LogP contribution in [0, 0.1) is 11.3 Å². The molecule has 1 aromatic carbocycles. The Balaban J connectivity index is 1.48. The van der Waals surface area contributed by atoms with Crippen molar-refractivity contribution in [3.05, 3.63) is 77.2 Å². The second-order valence-electron chi connectivity index (χ2n) is 9.58. The molecule has 0 atom stereocenters. The van der Waals surface area contributed by atoms with Crippen LogP contribution in [0.5, 0.6) is 0 Å². The number of pyridine rings is 1. The van der Waals surface area contributed by atoms with E-state index in [1.807, 2.05) is 81.5 Å². The van der Waals surface area contributed by atoms with E-state index in [1.54, 1.807) is 11.1 Å². The lowest BCUT2D eigenvalue weighted by Crippen LogP contribution is -2.41. The van der Waals surface area contributed by atoms with E-state index in [-0.39, 0.29) is 12.0 Å². The summed E-state index contributed by atoms with van der Waals surface area (Å²) >= 11 is 0. The fraction of sp³-hybridized carbons (Fsp3) is 0.321. The van der Waals surface area contributed by atoms with Gasteiger partial charge in [0.25, 0.3) is 0 Å². The van der Waals surface area contributed by atoms with Gasteiger partial charge < -0.3 is 14.6 Å². The zero-order valence-corrected chi connectivity index (χ0v) is 19.9. The van der Waals surface area contributed by atoms with Crippen LogP contribution in [0.25, 0.3) is 23.4 Å². The molecule has 1 saturated heterocycles. The van der Waals surface area contributed by atoms with Gasteiger partial charge in [-0.05, 0) is 63.5 Å². The van der Waals surface area contributed by atoms with Gasteiger partial charge in [-0.25, -0.2) is 4.79 Å². The first-order valence-corrected chi connectivity index (χ1v) is 11.6. The number of hydrogen-bond acceptors (Lipinski definition) is 4. The number of piperidine rings is 1. The molecule has 3 aromatic rings. The number of amides is 1. The highest BCUT2D eigenvalue weighted by molar-refractivity contribution is 5.72. The van der Waals surface area contributed by atoms with E-state index in [2.05, 4.69) is 16.0 Å². The third-order valence-electron chi connectivity index (χ3n) is 5.86. The topological polar surface area (TPSA) is 82.0 Å². The summed E-state index contributed by atoms with van der Waals surface area (Å²) < 4.78 is 5.50. The summed E-state index contributed by atoms with van der Waals surface area (Å²) in [6.07, 6.45) is 7.11. The highest BCUT2D eigenvalue weighted by atomic mass is 16.6. The van der Waals surface area contributed by atoms with E-state index in [9.17, 15) is 10.1 Å². The SMILES string of the molecule is CC(C)(C)OC(=O)N1CCC(c2[nH]c(-c3ccnc(C=Cc4ccccc4)c3)cc2C#N)CC1. The first-order valence-electron chi connectivity index (χ1n) is 11.6. The van der Waals surface area contributed by atoms with Crippen molar-refractivity contribution in [1.29, 1.82) is 5.26 Å². The lowest BCUT2D eigenvalue weighted by atomic mass is 9.92. The Hall–Kier alpha value is -3.85. The van der Waals surface area contributed by atoms with Gasteiger partial charge in [0.15, 0.2) is 0 Å². The van der Waals surface area contributed by atoms with Crippen LogP contribution >= 0.6 is 0 Å². The molecule has 0 bridgehead atoms. The molecule has 1 aliphatic rings. The average Bonchev–Trinajstić information content (AvgIpc) is 3.27. The molecule has 0 aliphatic carbocycles. The Morgan fingerprint density at radius 1 is 1.15 bits per heavy atom. The van der Waals surface area contributed by atoms with Crippen LogP contribution in [0.15, 0.2) is 54.7 Å². The molecule has 2 aromatic heterocycles. The van der Waals surface area contributed by atoms with Gasteiger partial charge in [0.05, 0.1) is 11.3 Å². The van der Waals surface area contributed by atoms with Crippen molar-refractivity contribution in [3.63, 3.8) is 0 Å². The minimum atomic E-state index is -0.504. The van der Waals surface area contributed by atoms with Crippen molar-refractivity contribution in [3.8, 4) is 17.3 Å². The lowest BCUT2D eigenvalue weighted by Gasteiger charge is -2.33. The van der Waals surface area contributed by atoms with E-state index in [0.717, 1.165) is 41.1 Å². The highest BCUT2D eigenvalue weighted by Crippen LogP contribution is 2.33. The summed E-state index contributed by atoms with van der Waals surface area (Å²) in [5.41, 5.74) is 4.94. The van der Waals surface area contributed by atoms with Crippen LogP contribution in [-0.2, 0) is 4.74 Å². The number of aromatic amines is 1. The number of aromatic nitrogens is 2. The fourth-order valence-electron chi connectivity index (χ4n) is 4.17. The van der Waals surface area contributed by atoms with Gasteiger partial charge in [-0.2, -0.15) is 5.26 Å². The molecule has 174 valence electrons. The summed E-state index contributed by atoms with van der Waals surface area (Å²) in [4.78, 5) is 22.1. The summed E-state index contributed by atoms with van der Waals surface area (Å²) in [5, 5.41) is 9.76. The van der Waals surface area contributed by atoms with Gasteiger partial charge in [0, 0.05) is 42.2 Å². The van der Waals surface area contributed by atoms with E-state index in [0.29, 0.717) is 18.7 Å². The summed E-state index contributed by atoms with van der Waals surface area (Å²) in [6.45, 7) is 6.85. The monoisotopic (exact) mass is 454 g/mol. The van der Waals surface area contributed by atoms with E-state index in [1.165, 1.54) is 0 Å². The number of benzene rings is 1. The second kappa shape index (κ2) is 9.96. The maximum absolute atomic E-state index is 12.4. The predicted molar refractivity (Wildman–Crippen MR) is 134 cm³/mol. The number of carbonyl (C=O) groups is 1. The Morgan fingerprint density at radius 3 is 2.56 bits per heavy atom. The largest absolute Gasteiger partial charge is 0.444 e. The fourth-order valence-corrected chi connectivity index (χ4v) is 4.17. The van der Waals surface area contributed by atoms with Crippen LogP contribution in [-0.4, -0.2) is 39.7 Å². The number of rotatable bonds is 4. The molecule has 0 radical (unpaired) electrons. The molecule has 0 saturated carbocycles. The zero-order valence-electron chi connectivity index (χ0n) is 19.9. The maximum atomic E-state index is 12.4. The Kier molecular flexibility index (Phi) is 6.83. The van der Waals surface area contributed by atoms with Crippen molar-refractivity contribution in [1.82, 2.24) is 14.9 Å². The van der Waals surface area contributed by atoms with Gasteiger partial charge in [0.1, 0.15) is 11.7 Å². The molecule has 6 nitrogen and oxygen atoms in total. The van der Waals surface area contributed by atoms with Crippen molar-refractivity contribution < 1.29 is 9.53 Å². The molecule has 1 N–H and O–H groups in total. The third-order valence-corrected chi connectivity index (χ3v) is 5.86. The second-order valence-corrected chi connectivity index (χ2v) is 9.58. The van der Waals surface area contributed by atoms with E-state index in [4.69, 9.17) is 4.74 Å². The first-order chi connectivity index (χ1) is 16.3. The number of H-pyrrole nitrogens is 1. The third kappa shape index (κ3) is 5.74. The van der Waals surface area contributed by atoms with Crippen molar-refractivity contribution in [2.24, 2.45) is 0 Å². The average molecular weight is 455 g/mol. The van der Waals surface area contributed by atoms with Crippen LogP contribution < -0.4 is 0 Å². The number of carbonyl (C=O) groups excluding carboxylic acids is 1. The minimum Gasteiger partial charge on any atom is -0.444 e. The maximum Gasteiger partial charge on any atom is 0.410 e. The van der Waals surface area contributed by atoms with Gasteiger partial charge in [-0.3, -0.25) is 4.98 Å². The summed E-state index contributed by atoms with van der Waals surface area (Å²) in [7, 11) is 0. The number of nitrogens with one attached hydrogen (secondary N) is 1. The van der Waals surface area contributed by atoms with Crippen LogP contribution in [0.1, 0.15) is 62.0 Å². The number of ether oxygens (including phenoxy) is 1. The number of hydrogen-bond donors (Lipinski definition) is 1. The van der Waals surface area contributed by atoms with Crippen LogP contribution in [0.2, 0.25) is 0 Å². The normalized spacial score (nSPS) is 14.8. The number of nitriles is 1. The summed E-state index contributed by atoms with van der Waals surface area (Å²) in [5.74, 6) is 0.196. The molecular formula is C28H30N4O2. The first kappa shape index (κ1) is 23.3. The molecule has 1 amide bonds. The molecular weight excluding hydrogens is 424 g/mol. The molecule has 0 unspecified atom stereocenters. The molecule has 6 heteroatoms. The molecule has 0 spiro atoms. The molecule has 4 rings (SSSR count). The molecule has 34 heavy (non-hydrogen) atoms. The van der Waals surface area contributed by atoms with E-state index < -0.39 is 5.60 Å². The lowest BCUT2D eigenvalue weighted by molar-refractivity contribution is 0.0204. The van der Waals surface area contributed by atoms with Crippen molar-refractivity contribution in [2.45, 2.75) is 45.1 Å². The van der Waals surface area contributed by atoms with E-state index >= 15 is 0 Å². The van der Waals surface area contributed by atoms with Crippen LogP contribution in [0.4, 0.5) is 4.79 Å². The molecule has 1 fully saturated rings. The summed E-state index contributed by atoms with van der Waals surface area (Å²) in [6, 6.07) is 18.3. The van der Waals surface area contributed by atoms with Crippen LogP contribution in [0.3, 0.4) is 0 Å². The molecule has 1 aliphatic heterocycles. The van der Waals surface area contributed by atoms with Crippen molar-refractivity contribution >= 4 is 18.2 Å². The quantitative estimate of drug-likeness (QED) is 0.506. The number of likely N-dealkylation sites (tertiary alicyclic amines) is 1. The molecule has 3 heterocycles.